The number of carbonyl (C=O) groups is 2. The van der Waals surface area contributed by atoms with Crippen molar-refractivity contribution in [3.05, 3.63) is 0 Å². The van der Waals surface area contributed by atoms with Crippen LogP contribution in [0.4, 0.5) is 0 Å². The van der Waals surface area contributed by atoms with E-state index in [1.165, 1.54) is 6.42 Å². The molecule has 2 fully saturated rings. The van der Waals surface area contributed by atoms with Gasteiger partial charge in [0.25, 0.3) is 0 Å². The molecule has 0 aromatic heterocycles. The van der Waals surface area contributed by atoms with Crippen LogP contribution in [0.25, 0.3) is 0 Å². The Labute approximate surface area is 103 Å². The number of nitrogens with one attached hydrogen (secondary N) is 1. The molecule has 0 spiro atoms. The molecule has 1 aliphatic heterocycles. The summed E-state index contributed by atoms with van der Waals surface area (Å²) in [5.74, 6) is 0.712. The van der Waals surface area contributed by atoms with Crippen molar-refractivity contribution in [2.75, 3.05) is 20.1 Å². The molecular weight excluding hydrogens is 216 g/mol. The minimum Gasteiger partial charge on any atom is -0.359 e. The lowest BCUT2D eigenvalue weighted by atomic mass is 9.89. The van der Waals surface area contributed by atoms with Gasteiger partial charge in [-0.3, -0.25) is 14.5 Å². The van der Waals surface area contributed by atoms with E-state index in [-0.39, 0.29) is 17.9 Å². The van der Waals surface area contributed by atoms with Crippen LogP contribution in [0.1, 0.15) is 38.5 Å². The number of hydrogen-bond donors (Lipinski definition) is 1. The largest absolute Gasteiger partial charge is 0.359 e. The molecule has 96 valence electrons. The zero-order valence-corrected chi connectivity index (χ0v) is 10.6. The SMILES string of the molecule is CNC(=O)C1CCN(C2CCCCC2=O)CC1. The maximum atomic E-state index is 11.8. The second-order valence-electron chi connectivity index (χ2n) is 5.15. The van der Waals surface area contributed by atoms with Gasteiger partial charge in [-0.25, -0.2) is 0 Å². The predicted octanol–water partition coefficient (Wildman–Crippen LogP) is 0.956. The van der Waals surface area contributed by atoms with Crippen molar-refractivity contribution < 1.29 is 9.59 Å². The van der Waals surface area contributed by atoms with Gasteiger partial charge in [-0.1, -0.05) is 6.42 Å². The Morgan fingerprint density at radius 2 is 1.94 bits per heavy atom. The molecule has 0 radical (unpaired) electrons. The maximum Gasteiger partial charge on any atom is 0.222 e. The quantitative estimate of drug-likeness (QED) is 0.779. The first-order valence-corrected chi connectivity index (χ1v) is 6.70. The lowest BCUT2D eigenvalue weighted by Gasteiger charge is -2.37. The number of likely N-dealkylation sites (tertiary alicyclic amines) is 1. The molecule has 1 aliphatic carbocycles. The summed E-state index contributed by atoms with van der Waals surface area (Å²) in [5.41, 5.74) is 0. The highest BCUT2D eigenvalue weighted by Gasteiger charge is 2.32. The number of nitrogens with zero attached hydrogens (tertiary/aromatic N) is 1. The Balaban J connectivity index is 1.86. The number of Topliss-reactive ketones (excluding diaryl/α,β-unsaturated/α-hetero) is 1. The predicted molar refractivity (Wildman–Crippen MR) is 65.6 cm³/mol. The number of rotatable bonds is 2. The van der Waals surface area contributed by atoms with E-state index in [1.54, 1.807) is 7.05 Å². The molecule has 1 N–H and O–H groups in total. The Hall–Kier alpha value is -0.900. The van der Waals surface area contributed by atoms with Crippen molar-refractivity contribution in [1.82, 2.24) is 10.2 Å². The van der Waals surface area contributed by atoms with Crippen LogP contribution in [0, 0.1) is 5.92 Å². The second-order valence-corrected chi connectivity index (χ2v) is 5.15. The van der Waals surface area contributed by atoms with Gasteiger partial charge >= 0.3 is 0 Å². The normalized spacial score (nSPS) is 28.1. The Bertz CT molecular complexity index is 296. The van der Waals surface area contributed by atoms with E-state index in [2.05, 4.69) is 10.2 Å². The summed E-state index contributed by atoms with van der Waals surface area (Å²) in [4.78, 5) is 25.7. The van der Waals surface area contributed by atoms with Gasteiger partial charge in [-0.15, -0.1) is 0 Å². The van der Waals surface area contributed by atoms with Crippen LogP contribution in [-0.4, -0.2) is 42.8 Å². The molecule has 4 nitrogen and oxygen atoms in total. The highest BCUT2D eigenvalue weighted by Crippen LogP contribution is 2.25. The first-order valence-electron chi connectivity index (χ1n) is 6.70. The first-order chi connectivity index (χ1) is 8.22. The highest BCUT2D eigenvalue weighted by molar-refractivity contribution is 5.84. The third-order valence-electron chi connectivity index (χ3n) is 4.11. The number of carbonyl (C=O) groups excluding carboxylic acids is 2. The summed E-state index contributed by atoms with van der Waals surface area (Å²) in [7, 11) is 1.69. The van der Waals surface area contributed by atoms with Crippen molar-refractivity contribution in [1.29, 1.82) is 0 Å². The van der Waals surface area contributed by atoms with E-state index in [4.69, 9.17) is 0 Å². The molecule has 0 aromatic rings. The standard InChI is InChI=1S/C13H22N2O2/c1-14-13(17)10-6-8-15(9-7-10)11-4-2-3-5-12(11)16/h10-11H,2-9H2,1H3,(H,14,17). The van der Waals surface area contributed by atoms with E-state index < -0.39 is 0 Å². The van der Waals surface area contributed by atoms with E-state index in [9.17, 15) is 9.59 Å². The first kappa shape index (κ1) is 12.6. The summed E-state index contributed by atoms with van der Waals surface area (Å²) in [6.07, 6.45) is 5.78. The highest BCUT2D eigenvalue weighted by atomic mass is 16.1. The number of ketones is 1. The summed E-state index contributed by atoms with van der Waals surface area (Å²) in [5, 5.41) is 2.71. The van der Waals surface area contributed by atoms with Gasteiger partial charge in [-0.05, 0) is 38.8 Å². The van der Waals surface area contributed by atoms with Gasteiger partial charge in [0.05, 0.1) is 6.04 Å². The molecule has 1 amide bonds. The summed E-state index contributed by atoms with van der Waals surface area (Å²) < 4.78 is 0. The van der Waals surface area contributed by atoms with Crippen molar-refractivity contribution in [3.8, 4) is 0 Å². The van der Waals surface area contributed by atoms with Crippen molar-refractivity contribution in [2.24, 2.45) is 5.92 Å². The van der Waals surface area contributed by atoms with Crippen LogP contribution in [0.2, 0.25) is 0 Å². The zero-order valence-electron chi connectivity index (χ0n) is 10.6. The molecule has 1 heterocycles. The van der Waals surface area contributed by atoms with Crippen LogP contribution < -0.4 is 5.32 Å². The minimum atomic E-state index is 0.148. The van der Waals surface area contributed by atoms with Crippen LogP contribution in [0.3, 0.4) is 0 Å². The van der Waals surface area contributed by atoms with Gasteiger partial charge in [0.1, 0.15) is 5.78 Å². The van der Waals surface area contributed by atoms with Crippen molar-refractivity contribution >= 4 is 11.7 Å². The zero-order chi connectivity index (χ0) is 12.3. The molecule has 0 aromatic carbocycles. The lowest BCUT2D eigenvalue weighted by Crippen LogP contribution is -2.48. The molecule has 1 atom stereocenters. The number of piperidine rings is 1. The van der Waals surface area contributed by atoms with E-state index in [1.807, 2.05) is 0 Å². The van der Waals surface area contributed by atoms with E-state index in [0.717, 1.165) is 45.2 Å². The molecule has 17 heavy (non-hydrogen) atoms. The van der Waals surface area contributed by atoms with Crippen LogP contribution in [0.15, 0.2) is 0 Å². The Morgan fingerprint density at radius 1 is 1.24 bits per heavy atom. The Kier molecular flexibility index (Phi) is 4.15. The third kappa shape index (κ3) is 2.86. The average Bonchev–Trinajstić information content (AvgIpc) is 2.39. The van der Waals surface area contributed by atoms with Gasteiger partial charge in [0.2, 0.25) is 5.91 Å². The summed E-state index contributed by atoms with van der Waals surface area (Å²) in [6, 6.07) is 0.148. The second kappa shape index (κ2) is 5.63. The molecule has 1 saturated carbocycles. The summed E-state index contributed by atoms with van der Waals surface area (Å²) >= 11 is 0. The van der Waals surface area contributed by atoms with Crippen molar-refractivity contribution in [3.63, 3.8) is 0 Å². The topological polar surface area (TPSA) is 49.4 Å². The fraction of sp³-hybridized carbons (Fsp3) is 0.846. The third-order valence-corrected chi connectivity index (χ3v) is 4.11. The van der Waals surface area contributed by atoms with Crippen molar-refractivity contribution in [2.45, 2.75) is 44.6 Å². The number of amides is 1. The average molecular weight is 238 g/mol. The monoisotopic (exact) mass is 238 g/mol. The smallest absolute Gasteiger partial charge is 0.222 e. The van der Waals surface area contributed by atoms with Crippen LogP contribution in [0.5, 0.6) is 0 Å². The van der Waals surface area contributed by atoms with E-state index in [0.29, 0.717) is 5.78 Å². The van der Waals surface area contributed by atoms with Gasteiger partial charge in [-0.2, -0.15) is 0 Å². The van der Waals surface area contributed by atoms with Crippen LogP contribution >= 0.6 is 0 Å². The van der Waals surface area contributed by atoms with Crippen LogP contribution in [-0.2, 0) is 9.59 Å². The molecule has 2 rings (SSSR count). The van der Waals surface area contributed by atoms with Gasteiger partial charge in [0.15, 0.2) is 0 Å². The van der Waals surface area contributed by atoms with E-state index >= 15 is 0 Å². The molecule has 0 bridgehead atoms. The lowest BCUT2D eigenvalue weighted by molar-refractivity contribution is -0.128. The molecular formula is C13H22N2O2. The fourth-order valence-electron chi connectivity index (χ4n) is 3.03. The Morgan fingerprint density at radius 3 is 2.53 bits per heavy atom. The van der Waals surface area contributed by atoms with Gasteiger partial charge in [0, 0.05) is 19.4 Å². The maximum absolute atomic E-state index is 11.8. The fourth-order valence-corrected chi connectivity index (χ4v) is 3.03. The molecule has 1 saturated heterocycles. The van der Waals surface area contributed by atoms with Gasteiger partial charge < -0.3 is 5.32 Å². The minimum absolute atomic E-state index is 0.148. The molecule has 2 aliphatic rings. The number of hydrogen-bond acceptors (Lipinski definition) is 3. The molecule has 4 heteroatoms. The summed E-state index contributed by atoms with van der Waals surface area (Å²) in [6.45, 7) is 1.79. The molecule has 1 unspecified atom stereocenters.